The first-order chi connectivity index (χ1) is 13.7. The molecule has 0 saturated heterocycles. The van der Waals surface area contributed by atoms with Crippen molar-refractivity contribution in [2.75, 3.05) is 0 Å². The van der Waals surface area contributed by atoms with E-state index in [-0.39, 0.29) is 11.8 Å². The summed E-state index contributed by atoms with van der Waals surface area (Å²) in [5, 5.41) is 0. The molecular weight excluding hydrogens is 372 g/mol. The summed E-state index contributed by atoms with van der Waals surface area (Å²) in [4.78, 5) is 27.4. The van der Waals surface area contributed by atoms with Gasteiger partial charge in [-0.15, -0.1) is 11.3 Å². The number of aryl methyl sites for hydroxylation is 2. The number of carbonyl (C=O) groups excluding carboxylic acids is 2. The van der Waals surface area contributed by atoms with Crippen molar-refractivity contribution in [3.63, 3.8) is 0 Å². The minimum absolute atomic E-state index is 0.277. The molecule has 140 valence electrons. The molecule has 0 bridgehead atoms. The van der Waals surface area contributed by atoms with Crippen LogP contribution in [0.1, 0.15) is 43.6 Å². The summed E-state index contributed by atoms with van der Waals surface area (Å²) in [6, 6.07) is 16.9. The SMILES string of the molecule is O=C(NNC(=O)C1c2ccccc2Oc2ccccc21)c1cc2c(s1)CCC2. The van der Waals surface area contributed by atoms with Crippen molar-refractivity contribution in [1.29, 1.82) is 0 Å². The molecule has 2 N–H and O–H groups in total. The van der Waals surface area contributed by atoms with E-state index in [0.717, 1.165) is 30.4 Å². The highest BCUT2D eigenvalue weighted by atomic mass is 32.1. The Kier molecular flexibility index (Phi) is 4.13. The van der Waals surface area contributed by atoms with E-state index in [1.54, 1.807) is 0 Å². The topological polar surface area (TPSA) is 67.4 Å². The van der Waals surface area contributed by atoms with Crippen molar-refractivity contribution in [2.45, 2.75) is 25.2 Å². The molecule has 0 fully saturated rings. The Morgan fingerprint density at radius 1 is 0.929 bits per heavy atom. The largest absolute Gasteiger partial charge is 0.457 e. The zero-order chi connectivity index (χ0) is 19.1. The average Bonchev–Trinajstić information content (AvgIpc) is 3.32. The van der Waals surface area contributed by atoms with Crippen LogP contribution in [0.25, 0.3) is 0 Å². The summed E-state index contributed by atoms with van der Waals surface area (Å²) in [5.74, 6) is 0.196. The van der Waals surface area contributed by atoms with Crippen LogP contribution in [0.5, 0.6) is 11.5 Å². The minimum Gasteiger partial charge on any atom is -0.457 e. The van der Waals surface area contributed by atoms with Crippen LogP contribution in [-0.2, 0) is 17.6 Å². The first-order valence-corrected chi connectivity index (χ1v) is 10.1. The zero-order valence-electron chi connectivity index (χ0n) is 15.0. The van der Waals surface area contributed by atoms with Gasteiger partial charge in [0, 0.05) is 16.0 Å². The number of hydrogen-bond acceptors (Lipinski definition) is 4. The van der Waals surface area contributed by atoms with Gasteiger partial charge in [-0.3, -0.25) is 20.4 Å². The van der Waals surface area contributed by atoms with Crippen LogP contribution < -0.4 is 15.6 Å². The number of para-hydroxylation sites is 2. The van der Waals surface area contributed by atoms with E-state index in [9.17, 15) is 9.59 Å². The molecule has 1 aliphatic heterocycles. The van der Waals surface area contributed by atoms with Crippen LogP contribution in [-0.4, -0.2) is 11.8 Å². The van der Waals surface area contributed by atoms with Gasteiger partial charge in [0.1, 0.15) is 11.5 Å². The molecule has 0 saturated carbocycles. The highest BCUT2D eigenvalue weighted by molar-refractivity contribution is 7.14. The van der Waals surface area contributed by atoms with Gasteiger partial charge in [-0.25, -0.2) is 0 Å². The molecule has 1 aliphatic carbocycles. The third-order valence-electron chi connectivity index (χ3n) is 5.21. The lowest BCUT2D eigenvalue weighted by atomic mass is 9.87. The molecule has 0 unspecified atom stereocenters. The molecular formula is C22H18N2O3S. The fraction of sp³-hybridized carbons (Fsp3) is 0.182. The molecule has 0 atom stereocenters. The lowest BCUT2D eigenvalue weighted by molar-refractivity contribution is -0.122. The lowest BCUT2D eigenvalue weighted by Crippen LogP contribution is -2.44. The summed E-state index contributed by atoms with van der Waals surface area (Å²) in [6.45, 7) is 0. The number of benzene rings is 2. The predicted octanol–water partition coefficient (Wildman–Crippen LogP) is 3.94. The van der Waals surface area contributed by atoms with Crippen LogP contribution in [0.4, 0.5) is 0 Å². The van der Waals surface area contributed by atoms with Crippen LogP contribution in [0.15, 0.2) is 54.6 Å². The van der Waals surface area contributed by atoms with Crippen molar-refractivity contribution in [3.8, 4) is 11.5 Å². The molecule has 28 heavy (non-hydrogen) atoms. The summed E-state index contributed by atoms with van der Waals surface area (Å²) in [5.41, 5.74) is 8.01. The van der Waals surface area contributed by atoms with Gasteiger partial charge in [0.25, 0.3) is 11.8 Å². The Hall–Kier alpha value is -3.12. The quantitative estimate of drug-likeness (QED) is 0.652. The number of nitrogens with one attached hydrogen (secondary N) is 2. The number of amides is 2. The predicted molar refractivity (Wildman–Crippen MR) is 107 cm³/mol. The first kappa shape index (κ1) is 17.0. The second kappa shape index (κ2) is 6.80. The maximum Gasteiger partial charge on any atom is 0.279 e. The fourth-order valence-corrected chi connectivity index (χ4v) is 5.03. The van der Waals surface area contributed by atoms with E-state index < -0.39 is 5.92 Å². The van der Waals surface area contributed by atoms with Gasteiger partial charge in [-0.2, -0.15) is 0 Å². The molecule has 5 rings (SSSR count). The van der Waals surface area contributed by atoms with Crippen molar-refractivity contribution in [1.82, 2.24) is 10.9 Å². The van der Waals surface area contributed by atoms with Crippen LogP contribution in [0.3, 0.4) is 0 Å². The lowest BCUT2D eigenvalue weighted by Gasteiger charge is -2.27. The van der Waals surface area contributed by atoms with E-state index in [2.05, 4.69) is 10.9 Å². The van der Waals surface area contributed by atoms with Gasteiger partial charge in [-0.1, -0.05) is 36.4 Å². The molecule has 3 aromatic rings. The highest BCUT2D eigenvalue weighted by Crippen LogP contribution is 2.43. The van der Waals surface area contributed by atoms with Gasteiger partial charge in [0.05, 0.1) is 10.8 Å². The number of rotatable bonds is 2. The van der Waals surface area contributed by atoms with E-state index >= 15 is 0 Å². The molecule has 5 nitrogen and oxygen atoms in total. The third kappa shape index (κ3) is 2.86. The standard InChI is InChI=1S/C22H18N2O3S/c25-21(19-12-13-6-5-11-18(13)28-19)23-24-22(26)20-14-7-1-3-9-16(14)27-17-10-4-2-8-15(17)20/h1-4,7-10,12,20H,5-6,11H2,(H,23,25)(H,24,26). The molecule has 6 heteroatoms. The van der Waals surface area contributed by atoms with E-state index in [0.29, 0.717) is 16.4 Å². The fourth-order valence-electron chi connectivity index (χ4n) is 3.89. The van der Waals surface area contributed by atoms with Crippen molar-refractivity contribution in [2.24, 2.45) is 0 Å². The minimum atomic E-state index is -0.546. The van der Waals surface area contributed by atoms with E-state index in [1.165, 1.54) is 21.8 Å². The second-order valence-corrected chi connectivity index (χ2v) is 8.10. The number of hydrogen-bond donors (Lipinski definition) is 2. The summed E-state index contributed by atoms with van der Waals surface area (Å²) < 4.78 is 5.92. The number of ether oxygens (including phenoxy) is 1. The second-order valence-electron chi connectivity index (χ2n) is 6.97. The smallest absolute Gasteiger partial charge is 0.279 e. The summed E-state index contributed by atoms with van der Waals surface area (Å²) in [6.07, 6.45) is 3.22. The summed E-state index contributed by atoms with van der Waals surface area (Å²) in [7, 11) is 0. The normalized spacial score (nSPS) is 14.4. The molecule has 2 aromatic carbocycles. The van der Waals surface area contributed by atoms with Gasteiger partial charge in [0.15, 0.2) is 0 Å². The molecule has 1 aromatic heterocycles. The molecule has 2 aliphatic rings. The first-order valence-electron chi connectivity index (χ1n) is 9.28. The van der Waals surface area contributed by atoms with Crippen molar-refractivity contribution >= 4 is 23.2 Å². The van der Waals surface area contributed by atoms with Crippen molar-refractivity contribution < 1.29 is 14.3 Å². The van der Waals surface area contributed by atoms with Gasteiger partial charge >= 0.3 is 0 Å². The van der Waals surface area contributed by atoms with Crippen LogP contribution in [0.2, 0.25) is 0 Å². The van der Waals surface area contributed by atoms with Crippen LogP contribution in [0, 0.1) is 0 Å². The maximum absolute atomic E-state index is 13.0. The molecule has 2 heterocycles. The Morgan fingerprint density at radius 3 is 2.29 bits per heavy atom. The third-order valence-corrected chi connectivity index (χ3v) is 6.45. The van der Waals surface area contributed by atoms with Gasteiger partial charge in [0.2, 0.25) is 0 Å². The molecule has 2 amide bonds. The maximum atomic E-state index is 13.0. The van der Waals surface area contributed by atoms with E-state index in [1.807, 2.05) is 54.6 Å². The average molecular weight is 390 g/mol. The van der Waals surface area contributed by atoms with E-state index in [4.69, 9.17) is 4.74 Å². The number of fused-ring (bicyclic) bond motifs is 3. The molecule has 0 spiro atoms. The zero-order valence-corrected chi connectivity index (χ0v) is 15.8. The number of carbonyl (C=O) groups is 2. The Labute approximate surface area is 166 Å². The monoisotopic (exact) mass is 390 g/mol. The molecule has 0 radical (unpaired) electrons. The number of hydrazine groups is 1. The van der Waals surface area contributed by atoms with Gasteiger partial charge in [-0.05, 0) is 43.0 Å². The highest BCUT2D eigenvalue weighted by Gasteiger charge is 2.32. The number of thiophene rings is 1. The van der Waals surface area contributed by atoms with Crippen molar-refractivity contribution in [3.05, 3.63) is 81.0 Å². The Bertz CT molecular complexity index is 1020. The summed E-state index contributed by atoms with van der Waals surface area (Å²) >= 11 is 1.51. The Balaban J connectivity index is 1.37. The van der Waals surface area contributed by atoms with Gasteiger partial charge < -0.3 is 4.74 Å². The van der Waals surface area contributed by atoms with Crippen LogP contribution >= 0.6 is 11.3 Å². The Morgan fingerprint density at radius 2 is 1.61 bits per heavy atom.